The van der Waals surface area contributed by atoms with Gasteiger partial charge in [-0.15, -0.1) is 0 Å². The fourth-order valence-electron chi connectivity index (χ4n) is 1.24. The van der Waals surface area contributed by atoms with Crippen LogP contribution in [0.2, 0.25) is 0 Å². The van der Waals surface area contributed by atoms with Gasteiger partial charge in [-0.3, -0.25) is 9.65 Å². The van der Waals surface area contributed by atoms with Crippen molar-refractivity contribution in [2.24, 2.45) is 0 Å². The maximum absolute atomic E-state index is 10.9. The molecule has 0 radical (unpaired) electrons. The summed E-state index contributed by atoms with van der Waals surface area (Å²) < 4.78 is 30.7. The van der Waals surface area contributed by atoms with E-state index in [4.69, 9.17) is 4.55 Å². The number of aromatic hydroxyl groups is 1. The van der Waals surface area contributed by atoms with Crippen molar-refractivity contribution < 1.29 is 18.1 Å². The Hall–Kier alpha value is -1.60. The third-order valence-corrected chi connectivity index (χ3v) is 2.74. The van der Waals surface area contributed by atoms with Crippen LogP contribution >= 0.6 is 0 Å². The molecule has 0 aliphatic carbocycles. The smallest absolute Gasteiger partial charge is 0.300 e. The SMILES string of the molecule is O=S(=O)(O)c1c(O)ccc2cn[nH]c12. The molecule has 2 aromatic rings. The molecule has 6 nitrogen and oxygen atoms in total. The van der Waals surface area contributed by atoms with Crippen molar-refractivity contribution in [3.8, 4) is 5.75 Å². The summed E-state index contributed by atoms with van der Waals surface area (Å²) in [6.45, 7) is 0. The molecule has 0 saturated carbocycles. The Bertz CT molecular complexity index is 587. The topological polar surface area (TPSA) is 103 Å². The van der Waals surface area contributed by atoms with Crippen LogP contribution in [0.15, 0.2) is 23.2 Å². The minimum Gasteiger partial charge on any atom is -0.506 e. The van der Waals surface area contributed by atoms with Crippen molar-refractivity contribution in [3.05, 3.63) is 18.3 Å². The summed E-state index contributed by atoms with van der Waals surface area (Å²) in [6, 6.07) is 2.67. The molecule has 2 rings (SSSR count). The summed E-state index contributed by atoms with van der Waals surface area (Å²) in [5.41, 5.74) is 0.0903. The van der Waals surface area contributed by atoms with Crippen LogP contribution in [0, 0.1) is 0 Å². The van der Waals surface area contributed by atoms with Gasteiger partial charge in [0, 0.05) is 5.39 Å². The van der Waals surface area contributed by atoms with Gasteiger partial charge in [0.05, 0.1) is 11.7 Å². The Morgan fingerprint density at radius 1 is 1.36 bits per heavy atom. The molecule has 0 bridgehead atoms. The van der Waals surface area contributed by atoms with E-state index in [-0.39, 0.29) is 5.52 Å². The molecular weight excluding hydrogens is 208 g/mol. The van der Waals surface area contributed by atoms with E-state index in [0.29, 0.717) is 5.39 Å². The van der Waals surface area contributed by atoms with E-state index < -0.39 is 20.8 Å². The lowest BCUT2D eigenvalue weighted by Crippen LogP contribution is -1.99. The first-order valence-corrected chi connectivity index (χ1v) is 5.06. The van der Waals surface area contributed by atoms with Crippen LogP contribution in [-0.2, 0) is 10.1 Å². The second-order valence-corrected chi connectivity index (χ2v) is 4.08. The van der Waals surface area contributed by atoms with E-state index in [9.17, 15) is 13.5 Å². The predicted molar refractivity (Wildman–Crippen MR) is 47.6 cm³/mol. The van der Waals surface area contributed by atoms with Gasteiger partial charge in [0.25, 0.3) is 10.1 Å². The highest BCUT2D eigenvalue weighted by molar-refractivity contribution is 7.86. The molecular formula is C7H6N2O4S. The second-order valence-electron chi connectivity index (χ2n) is 2.72. The first-order chi connectivity index (χ1) is 6.50. The van der Waals surface area contributed by atoms with Gasteiger partial charge >= 0.3 is 0 Å². The minimum absolute atomic E-state index is 0.0903. The Kier molecular flexibility index (Phi) is 1.73. The molecule has 1 heterocycles. The van der Waals surface area contributed by atoms with Gasteiger partial charge in [-0.1, -0.05) is 0 Å². The van der Waals surface area contributed by atoms with Gasteiger partial charge in [0.2, 0.25) is 0 Å². The lowest BCUT2D eigenvalue weighted by atomic mass is 10.2. The number of aromatic amines is 1. The van der Waals surface area contributed by atoms with E-state index in [1.807, 2.05) is 0 Å². The fraction of sp³-hybridized carbons (Fsp3) is 0. The summed E-state index contributed by atoms with van der Waals surface area (Å²) >= 11 is 0. The third kappa shape index (κ3) is 1.22. The number of H-pyrrole nitrogens is 1. The summed E-state index contributed by atoms with van der Waals surface area (Å²) in [5, 5.41) is 15.8. The van der Waals surface area contributed by atoms with Gasteiger partial charge < -0.3 is 5.11 Å². The van der Waals surface area contributed by atoms with Crippen molar-refractivity contribution in [1.29, 1.82) is 0 Å². The Morgan fingerprint density at radius 2 is 2.07 bits per heavy atom. The van der Waals surface area contributed by atoms with Crippen LogP contribution in [0.3, 0.4) is 0 Å². The summed E-state index contributed by atoms with van der Waals surface area (Å²) in [5.74, 6) is -0.510. The van der Waals surface area contributed by atoms with Gasteiger partial charge in [-0.05, 0) is 12.1 Å². The van der Waals surface area contributed by atoms with Crippen molar-refractivity contribution >= 4 is 21.0 Å². The molecule has 0 saturated heterocycles. The monoisotopic (exact) mass is 214 g/mol. The van der Waals surface area contributed by atoms with Crippen LogP contribution in [0.4, 0.5) is 0 Å². The summed E-state index contributed by atoms with van der Waals surface area (Å²) in [6.07, 6.45) is 1.39. The van der Waals surface area contributed by atoms with Gasteiger partial charge in [0.1, 0.15) is 5.75 Å². The molecule has 74 valence electrons. The predicted octanol–water partition coefficient (Wildman–Crippen LogP) is 0.515. The summed E-state index contributed by atoms with van der Waals surface area (Å²) in [7, 11) is -4.45. The third-order valence-electron chi connectivity index (χ3n) is 1.81. The van der Waals surface area contributed by atoms with Crippen LogP contribution in [0.5, 0.6) is 5.75 Å². The van der Waals surface area contributed by atoms with Gasteiger partial charge in [-0.25, -0.2) is 0 Å². The highest BCUT2D eigenvalue weighted by Crippen LogP contribution is 2.29. The van der Waals surface area contributed by atoms with E-state index in [1.165, 1.54) is 18.3 Å². The van der Waals surface area contributed by atoms with Crippen molar-refractivity contribution in [3.63, 3.8) is 0 Å². The lowest BCUT2D eigenvalue weighted by Gasteiger charge is -2.01. The zero-order chi connectivity index (χ0) is 10.3. The standard InChI is InChI=1S/C7H6N2O4S/c10-5-2-1-4-3-8-9-6(4)7(5)14(11,12)13/h1-3,10H,(H,8,9)(H,11,12,13). The fourth-order valence-corrected chi connectivity index (χ4v) is 1.99. The number of nitrogens with zero attached hydrogens (tertiary/aromatic N) is 1. The van der Waals surface area contributed by atoms with Crippen LogP contribution in [-0.4, -0.2) is 28.3 Å². The van der Waals surface area contributed by atoms with Crippen molar-refractivity contribution in [2.45, 2.75) is 4.90 Å². The number of aromatic nitrogens is 2. The normalized spacial score (nSPS) is 12.1. The maximum Gasteiger partial charge on any atom is 0.300 e. The molecule has 0 unspecified atom stereocenters. The first-order valence-electron chi connectivity index (χ1n) is 3.62. The number of hydrogen-bond donors (Lipinski definition) is 3. The number of nitrogens with one attached hydrogen (secondary N) is 1. The number of rotatable bonds is 1. The number of fused-ring (bicyclic) bond motifs is 1. The average Bonchev–Trinajstić information content (AvgIpc) is 2.48. The van der Waals surface area contributed by atoms with Crippen LogP contribution in [0.1, 0.15) is 0 Å². The van der Waals surface area contributed by atoms with Crippen molar-refractivity contribution in [2.75, 3.05) is 0 Å². The van der Waals surface area contributed by atoms with E-state index >= 15 is 0 Å². The van der Waals surface area contributed by atoms with Crippen LogP contribution < -0.4 is 0 Å². The number of benzene rings is 1. The molecule has 0 aliphatic rings. The van der Waals surface area contributed by atoms with Gasteiger partial charge in [0.15, 0.2) is 4.90 Å². The van der Waals surface area contributed by atoms with Crippen molar-refractivity contribution in [1.82, 2.24) is 10.2 Å². The zero-order valence-corrected chi connectivity index (χ0v) is 7.61. The molecule has 3 N–H and O–H groups in total. The Balaban J connectivity index is 2.98. The highest BCUT2D eigenvalue weighted by atomic mass is 32.2. The van der Waals surface area contributed by atoms with E-state index in [0.717, 1.165) is 0 Å². The molecule has 1 aromatic carbocycles. The lowest BCUT2D eigenvalue weighted by molar-refractivity contribution is 0.445. The molecule has 0 spiro atoms. The maximum atomic E-state index is 10.9. The molecule has 0 atom stereocenters. The Labute approximate surface area is 78.9 Å². The molecule has 14 heavy (non-hydrogen) atoms. The zero-order valence-electron chi connectivity index (χ0n) is 6.80. The number of hydrogen-bond acceptors (Lipinski definition) is 4. The average molecular weight is 214 g/mol. The minimum atomic E-state index is -4.45. The quantitative estimate of drug-likeness (QED) is 0.600. The summed E-state index contributed by atoms with van der Waals surface area (Å²) in [4.78, 5) is -0.549. The molecule has 0 amide bonds. The highest BCUT2D eigenvalue weighted by Gasteiger charge is 2.20. The van der Waals surface area contributed by atoms with E-state index in [2.05, 4.69) is 10.2 Å². The van der Waals surface area contributed by atoms with Crippen LogP contribution in [0.25, 0.3) is 10.9 Å². The molecule has 0 fully saturated rings. The Morgan fingerprint density at radius 3 is 2.71 bits per heavy atom. The largest absolute Gasteiger partial charge is 0.506 e. The van der Waals surface area contributed by atoms with Gasteiger partial charge in [-0.2, -0.15) is 13.5 Å². The number of phenols is 1. The molecule has 0 aliphatic heterocycles. The molecule has 7 heteroatoms. The second kappa shape index (κ2) is 2.69. The molecule has 1 aromatic heterocycles. The first kappa shape index (κ1) is 8.97. The number of phenolic OH excluding ortho intramolecular Hbond substituents is 1. The van der Waals surface area contributed by atoms with E-state index in [1.54, 1.807) is 0 Å².